The third-order valence-electron chi connectivity index (χ3n) is 3.75. The molecule has 0 saturated carbocycles. The van der Waals surface area contributed by atoms with Crippen LogP contribution >= 0.6 is 0 Å². The number of amides is 1. The first-order valence-electron chi connectivity index (χ1n) is 5.97. The summed E-state index contributed by atoms with van der Waals surface area (Å²) in [6.07, 6.45) is 9.68. The molecule has 4 nitrogen and oxygen atoms in total. The first kappa shape index (κ1) is 11.9. The lowest BCUT2D eigenvalue weighted by atomic mass is 9.87. The highest BCUT2D eigenvalue weighted by Gasteiger charge is 2.43. The van der Waals surface area contributed by atoms with Gasteiger partial charge in [0.2, 0.25) is 5.91 Å². The number of likely N-dealkylation sites (tertiary alicyclic amines) is 1. The lowest BCUT2D eigenvalue weighted by Gasteiger charge is -2.39. The van der Waals surface area contributed by atoms with E-state index < -0.39 is 11.9 Å². The zero-order valence-electron chi connectivity index (χ0n) is 9.93. The van der Waals surface area contributed by atoms with Gasteiger partial charge in [0.1, 0.15) is 0 Å². The van der Waals surface area contributed by atoms with Gasteiger partial charge in [-0.3, -0.25) is 9.59 Å². The van der Waals surface area contributed by atoms with E-state index in [0.717, 1.165) is 12.8 Å². The van der Waals surface area contributed by atoms with E-state index in [4.69, 9.17) is 5.11 Å². The average Bonchev–Trinajstić information content (AvgIpc) is 2.73. The molecule has 1 saturated heterocycles. The predicted octanol–water partition coefficient (Wildman–Crippen LogP) is 1.58. The van der Waals surface area contributed by atoms with Crippen molar-refractivity contribution in [2.75, 3.05) is 6.54 Å². The van der Waals surface area contributed by atoms with E-state index in [9.17, 15) is 9.59 Å². The van der Waals surface area contributed by atoms with Crippen LogP contribution in [0.2, 0.25) is 0 Å². The second kappa shape index (κ2) is 4.35. The van der Waals surface area contributed by atoms with Crippen molar-refractivity contribution in [3.8, 4) is 0 Å². The third-order valence-corrected chi connectivity index (χ3v) is 3.75. The van der Waals surface area contributed by atoms with Gasteiger partial charge in [0.05, 0.1) is 11.5 Å². The quantitative estimate of drug-likeness (QED) is 0.808. The molecule has 17 heavy (non-hydrogen) atoms. The number of hydrogen-bond donors (Lipinski definition) is 1. The minimum atomic E-state index is -0.873. The van der Waals surface area contributed by atoms with Crippen LogP contribution in [0.3, 0.4) is 0 Å². The van der Waals surface area contributed by atoms with Crippen LogP contribution in [0.4, 0.5) is 0 Å². The van der Waals surface area contributed by atoms with Crippen LogP contribution in [-0.2, 0) is 9.59 Å². The molecule has 1 N–H and O–H groups in total. The molecule has 2 atom stereocenters. The van der Waals surface area contributed by atoms with Gasteiger partial charge in [-0.1, -0.05) is 31.2 Å². The molecule has 1 aliphatic carbocycles. The molecule has 1 unspecified atom stereocenters. The Hall–Kier alpha value is -1.58. The van der Waals surface area contributed by atoms with Crippen molar-refractivity contribution in [1.29, 1.82) is 0 Å². The SMILES string of the molecule is CC[C@@]1(N2CC(C(=O)O)CC2=O)C=CC=CC1. The number of hydrogen-bond acceptors (Lipinski definition) is 2. The molecular formula is C13H17NO3. The van der Waals surface area contributed by atoms with E-state index in [2.05, 4.69) is 0 Å². The van der Waals surface area contributed by atoms with Crippen LogP contribution in [0.25, 0.3) is 0 Å². The Morgan fingerprint density at radius 1 is 1.59 bits per heavy atom. The highest BCUT2D eigenvalue weighted by molar-refractivity contribution is 5.86. The first-order valence-corrected chi connectivity index (χ1v) is 5.97. The summed E-state index contributed by atoms with van der Waals surface area (Å²) in [5.41, 5.74) is -0.309. The van der Waals surface area contributed by atoms with Crippen molar-refractivity contribution in [3.63, 3.8) is 0 Å². The summed E-state index contributed by atoms with van der Waals surface area (Å²) in [4.78, 5) is 24.7. The summed E-state index contributed by atoms with van der Waals surface area (Å²) in [5.74, 6) is -1.47. The molecule has 4 heteroatoms. The predicted molar refractivity (Wildman–Crippen MR) is 63.4 cm³/mol. The van der Waals surface area contributed by atoms with Gasteiger partial charge < -0.3 is 10.0 Å². The molecule has 1 heterocycles. The molecule has 0 aromatic carbocycles. The highest BCUT2D eigenvalue weighted by atomic mass is 16.4. The van der Waals surface area contributed by atoms with E-state index in [1.54, 1.807) is 4.90 Å². The molecule has 0 aromatic heterocycles. The van der Waals surface area contributed by atoms with Crippen LogP contribution in [0.5, 0.6) is 0 Å². The van der Waals surface area contributed by atoms with E-state index in [1.807, 2.05) is 31.2 Å². The van der Waals surface area contributed by atoms with Gasteiger partial charge in [0.15, 0.2) is 0 Å². The Bertz CT molecular complexity index is 399. The standard InChI is InChI=1S/C13H17NO3/c1-2-13(6-4-3-5-7-13)14-9-10(12(16)17)8-11(14)15/h3-6,10H,2,7-9H2,1H3,(H,16,17)/t10?,13-/m1/s1. The number of rotatable bonds is 3. The summed E-state index contributed by atoms with van der Waals surface area (Å²) in [6.45, 7) is 2.37. The van der Waals surface area contributed by atoms with E-state index in [0.29, 0.717) is 6.54 Å². The summed E-state index contributed by atoms with van der Waals surface area (Å²) in [5, 5.41) is 8.99. The molecule has 1 aliphatic heterocycles. The van der Waals surface area contributed by atoms with Gasteiger partial charge in [-0.2, -0.15) is 0 Å². The number of carboxylic acids is 1. The molecule has 0 bridgehead atoms. The average molecular weight is 235 g/mol. The van der Waals surface area contributed by atoms with Crippen molar-refractivity contribution in [2.45, 2.75) is 31.7 Å². The first-order chi connectivity index (χ1) is 8.09. The van der Waals surface area contributed by atoms with Crippen LogP contribution < -0.4 is 0 Å². The van der Waals surface area contributed by atoms with Crippen molar-refractivity contribution in [1.82, 2.24) is 4.90 Å². The van der Waals surface area contributed by atoms with Crippen LogP contribution in [0.1, 0.15) is 26.2 Å². The maximum absolute atomic E-state index is 12.0. The van der Waals surface area contributed by atoms with E-state index in [1.165, 1.54) is 0 Å². The summed E-state index contributed by atoms with van der Waals surface area (Å²) in [7, 11) is 0. The van der Waals surface area contributed by atoms with Gasteiger partial charge in [0, 0.05) is 13.0 Å². The second-order valence-electron chi connectivity index (χ2n) is 4.69. The van der Waals surface area contributed by atoms with Crippen molar-refractivity contribution < 1.29 is 14.7 Å². The largest absolute Gasteiger partial charge is 0.481 e. The van der Waals surface area contributed by atoms with Gasteiger partial charge in [-0.05, 0) is 12.8 Å². The minimum absolute atomic E-state index is 0.0424. The summed E-state index contributed by atoms with van der Waals surface area (Å²) in [6, 6.07) is 0. The van der Waals surface area contributed by atoms with E-state index >= 15 is 0 Å². The Kier molecular flexibility index (Phi) is 3.05. The fraction of sp³-hybridized carbons (Fsp3) is 0.538. The van der Waals surface area contributed by atoms with Gasteiger partial charge in [-0.25, -0.2) is 0 Å². The van der Waals surface area contributed by atoms with Crippen LogP contribution in [0.15, 0.2) is 24.3 Å². The molecule has 1 amide bonds. The lowest BCUT2D eigenvalue weighted by Crippen LogP contribution is -2.48. The number of carboxylic acid groups (broad SMARTS) is 1. The van der Waals surface area contributed by atoms with Gasteiger partial charge >= 0.3 is 5.97 Å². The zero-order chi connectivity index (χ0) is 12.5. The maximum atomic E-state index is 12.0. The number of nitrogens with zero attached hydrogens (tertiary/aromatic N) is 1. The Morgan fingerprint density at radius 3 is 2.82 bits per heavy atom. The summed E-state index contributed by atoms with van der Waals surface area (Å²) < 4.78 is 0. The summed E-state index contributed by atoms with van der Waals surface area (Å²) >= 11 is 0. The van der Waals surface area contributed by atoms with E-state index in [-0.39, 0.29) is 17.9 Å². The number of aliphatic carboxylic acids is 1. The smallest absolute Gasteiger partial charge is 0.308 e. The molecule has 0 radical (unpaired) electrons. The monoisotopic (exact) mass is 235 g/mol. The van der Waals surface area contributed by atoms with Crippen molar-refractivity contribution in [2.24, 2.45) is 5.92 Å². The normalized spacial score (nSPS) is 32.2. The molecule has 0 spiro atoms. The fourth-order valence-electron chi connectivity index (χ4n) is 2.61. The van der Waals surface area contributed by atoms with Crippen LogP contribution in [0, 0.1) is 5.92 Å². The second-order valence-corrected chi connectivity index (χ2v) is 4.69. The van der Waals surface area contributed by atoms with Crippen molar-refractivity contribution >= 4 is 11.9 Å². The number of carbonyl (C=O) groups is 2. The van der Waals surface area contributed by atoms with Gasteiger partial charge in [-0.15, -0.1) is 0 Å². The minimum Gasteiger partial charge on any atom is -0.481 e. The topological polar surface area (TPSA) is 57.6 Å². The van der Waals surface area contributed by atoms with Crippen molar-refractivity contribution in [3.05, 3.63) is 24.3 Å². The molecule has 2 aliphatic rings. The molecular weight excluding hydrogens is 218 g/mol. The third kappa shape index (κ3) is 1.99. The number of carbonyl (C=O) groups excluding carboxylic acids is 1. The molecule has 92 valence electrons. The Balaban J connectivity index is 2.22. The Morgan fingerprint density at radius 2 is 2.35 bits per heavy atom. The zero-order valence-corrected chi connectivity index (χ0v) is 9.93. The molecule has 1 fully saturated rings. The fourth-order valence-corrected chi connectivity index (χ4v) is 2.61. The maximum Gasteiger partial charge on any atom is 0.308 e. The molecule has 0 aromatic rings. The number of allylic oxidation sites excluding steroid dienone is 2. The molecule has 2 rings (SSSR count). The highest BCUT2D eigenvalue weighted by Crippen LogP contribution is 2.34. The van der Waals surface area contributed by atoms with Gasteiger partial charge in [0.25, 0.3) is 0 Å². The van der Waals surface area contributed by atoms with Crippen LogP contribution in [-0.4, -0.2) is 34.0 Å². The lowest BCUT2D eigenvalue weighted by molar-refractivity contribution is -0.141. The Labute approximate surface area is 101 Å².